The van der Waals surface area contributed by atoms with Gasteiger partial charge in [-0.3, -0.25) is 13.9 Å². The predicted octanol–water partition coefficient (Wildman–Crippen LogP) is 4.64. The highest BCUT2D eigenvalue weighted by Gasteiger charge is 2.32. The molecule has 10 heteroatoms. The Kier molecular flexibility index (Phi) is 10.1. The van der Waals surface area contributed by atoms with Gasteiger partial charge in [0.15, 0.2) is 0 Å². The molecular weight excluding hydrogens is 578 g/mol. The van der Waals surface area contributed by atoms with Crippen molar-refractivity contribution in [1.29, 1.82) is 0 Å². The van der Waals surface area contributed by atoms with E-state index in [2.05, 4.69) is 21.2 Å². The molecule has 0 saturated carbocycles. The topological polar surface area (TPSA) is 86.8 Å². The SMILES string of the molecule is CCNC(=O)[C@@H](Cc1ccccc1)N(Cc1cccc(Br)c1)C(=O)CN(c1ccc(Cl)cc1)S(C)(=O)=O. The molecule has 0 fully saturated rings. The number of carbonyl (C=O) groups is 2. The second kappa shape index (κ2) is 13.1. The van der Waals surface area contributed by atoms with Crippen LogP contribution < -0.4 is 9.62 Å². The third kappa shape index (κ3) is 8.31. The fourth-order valence-corrected chi connectivity index (χ4v) is 5.32. The summed E-state index contributed by atoms with van der Waals surface area (Å²) in [5.41, 5.74) is 1.98. The van der Waals surface area contributed by atoms with Gasteiger partial charge in [0.05, 0.1) is 11.9 Å². The lowest BCUT2D eigenvalue weighted by molar-refractivity contribution is -0.140. The normalized spacial score (nSPS) is 12.0. The summed E-state index contributed by atoms with van der Waals surface area (Å²) < 4.78 is 27.3. The number of nitrogens with zero attached hydrogens (tertiary/aromatic N) is 2. The summed E-state index contributed by atoms with van der Waals surface area (Å²) in [5, 5.41) is 3.27. The van der Waals surface area contributed by atoms with E-state index in [1.807, 2.05) is 61.5 Å². The van der Waals surface area contributed by atoms with Gasteiger partial charge in [-0.05, 0) is 54.4 Å². The zero-order valence-corrected chi connectivity index (χ0v) is 23.8. The molecule has 2 amide bonds. The van der Waals surface area contributed by atoms with Gasteiger partial charge >= 0.3 is 0 Å². The molecule has 0 aliphatic heterocycles. The van der Waals surface area contributed by atoms with Crippen LogP contribution in [0.4, 0.5) is 5.69 Å². The highest BCUT2D eigenvalue weighted by molar-refractivity contribution is 9.10. The van der Waals surface area contributed by atoms with Crippen LogP contribution in [0.2, 0.25) is 5.02 Å². The largest absolute Gasteiger partial charge is 0.355 e. The van der Waals surface area contributed by atoms with Gasteiger partial charge in [0.2, 0.25) is 21.8 Å². The van der Waals surface area contributed by atoms with Crippen LogP contribution in [-0.4, -0.2) is 50.5 Å². The number of hydrogen-bond donors (Lipinski definition) is 1. The molecule has 0 unspecified atom stereocenters. The van der Waals surface area contributed by atoms with E-state index in [4.69, 9.17) is 11.6 Å². The highest BCUT2D eigenvalue weighted by Crippen LogP contribution is 2.23. The molecule has 0 bridgehead atoms. The van der Waals surface area contributed by atoms with Gasteiger partial charge in [-0.15, -0.1) is 0 Å². The second-order valence-corrected chi connectivity index (χ2v) is 11.8. The van der Waals surface area contributed by atoms with Crippen LogP contribution in [0.3, 0.4) is 0 Å². The van der Waals surface area contributed by atoms with Gasteiger partial charge in [-0.1, -0.05) is 70.0 Å². The Bertz CT molecular complexity index is 1320. The predicted molar refractivity (Wildman–Crippen MR) is 151 cm³/mol. The van der Waals surface area contributed by atoms with Crippen molar-refractivity contribution >= 4 is 55.1 Å². The average Bonchev–Trinajstić information content (AvgIpc) is 2.85. The van der Waals surface area contributed by atoms with Crippen LogP contribution in [0.25, 0.3) is 0 Å². The van der Waals surface area contributed by atoms with Crippen LogP contribution in [0, 0.1) is 0 Å². The minimum absolute atomic E-state index is 0.116. The number of nitrogens with one attached hydrogen (secondary N) is 1. The standard InChI is InChI=1S/C27H29BrClN3O4S/c1-3-30-27(34)25(17-20-8-5-4-6-9-20)31(18-21-10-7-11-22(28)16-21)26(33)19-32(37(2,35)36)24-14-12-23(29)13-15-24/h4-16,25H,3,17-19H2,1-2H3,(H,30,34)/t25-/m1/s1. The lowest BCUT2D eigenvalue weighted by atomic mass is 10.0. The Balaban J connectivity index is 2.03. The number of carbonyl (C=O) groups excluding carboxylic acids is 2. The lowest BCUT2D eigenvalue weighted by Crippen LogP contribution is -2.53. The van der Waals surface area contributed by atoms with Gasteiger partial charge in [-0.2, -0.15) is 0 Å². The number of rotatable bonds is 11. The molecule has 7 nitrogen and oxygen atoms in total. The minimum Gasteiger partial charge on any atom is -0.355 e. The van der Waals surface area contributed by atoms with Crippen LogP contribution in [0.15, 0.2) is 83.3 Å². The molecule has 0 aliphatic rings. The molecule has 37 heavy (non-hydrogen) atoms. The molecule has 0 spiro atoms. The van der Waals surface area contributed by atoms with Gasteiger partial charge in [0.1, 0.15) is 12.6 Å². The molecule has 0 radical (unpaired) electrons. The van der Waals surface area contributed by atoms with Gasteiger partial charge in [0, 0.05) is 29.0 Å². The first-order valence-electron chi connectivity index (χ1n) is 11.7. The number of hydrogen-bond acceptors (Lipinski definition) is 4. The molecule has 1 atom stereocenters. The Morgan fingerprint density at radius 2 is 1.62 bits per heavy atom. The molecule has 196 valence electrons. The molecular formula is C27H29BrClN3O4S. The van der Waals surface area contributed by atoms with Crippen molar-refractivity contribution in [2.75, 3.05) is 23.7 Å². The molecule has 0 heterocycles. The molecule has 0 saturated heterocycles. The third-order valence-corrected chi connectivity index (χ3v) is 7.54. The van der Waals surface area contributed by atoms with Crippen molar-refractivity contribution in [3.8, 4) is 0 Å². The molecule has 0 aliphatic carbocycles. The van der Waals surface area contributed by atoms with E-state index in [-0.39, 0.29) is 18.9 Å². The van der Waals surface area contributed by atoms with Crippen LogP contribution in [0.5, 0.6) is 0 Å². The van der Waals surface area contributed by atoms with E-state index in [0.717, 1.165) is 26.2 Å². The summed E-state index contributed by atoms with van der Waals surface area (Å²) in [5.74, 6) is -0.820. The van der Waals surface area contributed by atoms with Gasteiger partial charge in [-0.25, -0.2) is 8.42 Å². The maximum Gasteiger partial charge on any atom is 0.244 e. The van der Waals surface area contributed by atoms with E-state index < -0.39 is 28.5 Å². The molecule has 1 N–H and O–H groups in total. The highest BCUT2D eigenvalue weighted by atomic mass is 79.9. The van der Waals surface area contributed by atoms with Crippen molar-refractivity contribution in [2.24, 2.45) is 0 Å². The Morgan fingerprint density at radius 3 is 2.22 bits per heavy atom. The molecule has 0 aromatic heterocycles. The lowest BCUT2D eigenvalue weighted by Gasteiger charge is -2.33. The number of halogens is 2. The number of anilines is 1. The Hall–Kier alpha value is -2.88. The molecule has 3 aromatic carbocycles. The van der Waals surface area contributed by atoms with E-state index in [1.165, 1.54) is 4.90 Å². The van der Waals surface area contributed by atoms with Crippen LogP contribution in [0.1, 0.15) is 18.1 Å². The fourth-order valence-electron chi connectivity index (χ4n) is 3.90. The summed E-state index contributed by atoms with van der Waals surface area (Å²) in [6.07, 6.45) is 1.31. The quantitative estimate of drug-likeness (QED) is 0.345. The number of amides is 2. The van der Waals surface area contributed by atoms with E-state index in [1.54, 1.807) is 24.3 Å². The summed E-state index contributed by atoms with van der Waals surface area (Å²) in [7, 11) is -3.82. The monoisotopic (exact) mass is 605 g/mol. The first-order valence-corrected chi connectivity index (χ1v) is 14.7. The van der Waals surface area contributed by atoms with Crippen molar-refractivity contribution in [3.05, 3.63) is 99.5 Å². The number of likely N-dealkylation sites (N-methyl/N-ethyl adjacent to an activating group) is 1. The third-order valence-electron chi connectivity index (χ3n) is 5.66. The van der Waals surface area contributed by atoms with Gasteiger partial charge in [0.25, 0.3) is 0 Å². The number of benzene rings is 3. The summed E-state index contributed by atoms with van der Waals surface area (Å²) >= 11 is 9.44. The average molecular weight is 607 g/mol. The molecule has 3 rings (SSSR count). The molecule has 3 aromatic rings. The number of sulfonamides is 1. The summed E-state index contributed by atoms with van der Waals surface area (Å²) in [6.45, 7) is 1.84. The van der Waals surface area contributed by atoms with Crippen LogP contribution in [-0.2, 0) is 32.6 Å². The van der Waals surface area contributed by atoms with E-state index >= 15 is 0 Å². The second-order valence-electron chi connectivity index (χ2n) is 8.50. The zero-order valence-electron chi connectivity index (χ0n) is 20.6. The smallest absolute Gasteiger partial charge is 0.244 e. The maximum atomic E-state index is 13.9. The van der Waals surface area contributed by atoms with E-state index in [9.17, 15) is 18.0 Å². The maximum absolute atomic E-state index is 13.9. The van der Waals surface area contributed by atoms with Crippen molar-refractivity contribution < 1.29 is 18.0 Å². The first kappa shape index (κ1) is 28.7. The summed E-state index contributed by atoms with van der Waals surface area (Å²) in [6, 6.07) is 22.2. The fraction of sp³-hybridized carbons (Fsp3) is 0.259. The van der Waals surface area contributed by atoms with Crippen molar-refractivity contribution in [3.63, 3.8) is 0 Å². The van der Waals surface area contributed by atoms with Crippen molar-refractivity contribution in [2.45, 2.75) is 25.9 Å². The van der Waals surface area contributed by atoms with Crippen molar-refractivity contribution in [1.82, 2.24) is 10.2 Å². The van der Waals surface area contributed by atoms with Gasteiger partial charge < -0.3 is 10.2 Å². The minimum atomic E-state index is -3.82. The zero-order chi connectivity index (χ0) is 27.0. The first-order chi connectivity index (χ1) is 17.6. The van der Waals surface area contributed by atoms with Crippen LogP contribution >= 0.6 is 27.5 Å². The van der Waals surface area contributed by atoms with E-state index in [0.29, 0.717) is 17.3 Å². The Labute approximate surface area is 231 Å². The Morgan fingerprint density at radius 1 is 0.973 bits per heavy atom. The summed E-state index contributed by atoms with van der Waals surface area (Å²) in [4.78, 5) is 28.6.